The van der Waals surface area contributed by atoms with Gasteiger partial charge in [-0.25, -0.2) is 9.79 Å². The van der Waals surface area contributed by atoms with E-state index in [4.69, 9.17) is 42.4 Å². The molecular formula is C30H28Cl2N2O5S. The fraction of sp³-hybridized carbons (Fsp3) is 0.233. The number of carbonyl (C=O) groups is 2. The Morgan fingerprint density at radius 2 is 1.65 bits per heavy atom. The Morgan fingerprint density at radius 1 is 0.925 bits per heavy atom. The average molecular weight is 600 g/mol. The van der Waals surface area contributed by atoms with E-state index in [0.717, 1.165) is 11.1 Å². The molecule has 3 aromatic rings. The van der Waals surface area contributed by atoms with Gasteiger partial charge in [0.1, 0.15) is 0 Å². The van der Waals surface area contributed by atoms with Gasteiger partial charge in [0.2, 0.25) is 0 Å². The molecule has 0 bridgehead atoms. The van der Waals surface area contributed by atoms with Crippen molar-refractivity contribution in [2.75, 3.05) is 24.7 Å². The summed E-state index contributed by atoms with van der Waals surface area (Å²) in [6.45, 7) is 7.82. The summed E-state index contributed by atoms with van der Waals surface area (Å²) in [6, 6.07) is 16.2. The lowest BCUT2D eigenvalue weighted by atomic mass is 10.1. The summed E-state index contributed by atoms with van der Waals surface area (Å²) in [4.78, 5) is 32.2. The number of anilines is 1. The number of halogens is 2. The molecule has 0 unspecified atom stereocenters. The molecule has 10 heteroatoms. The molecule has 1 fully saturated rings. The Balaban J connectivity index is 1.70. The van der Waals surface area contributed by atoms with E-state index in [9.17, 15) is 9.59 Å². The van der Waals surface area contributed by atoms with Crippen LogP contribution in [0.5, 0.6) is 11.5 Å². The minimum atomic E-state index is -0.470. The Labute approximate surface area is 247 Å². The Kier molecular flexibility index (Phi) is 9.79. The molecule has 208 valence electrons. The van der Waals surface area contributed by atoms with Gasteiger partial charge in [0, 0.05) is 10.0 Å². The molecule has 1 aliphatic heterocycles. The molecule has 0 spiro atoms. The topological polar surface area (TPSA) is 77.4 Å². The number of aryl methyl sites for hydroxylation is 2. The quantitative estimate of drug-likeness (QED) is 0.185. The van der Waals surface area contributed by atoms with E-state index < -0.39 is 5.97 Å². The van der Waals surface area contributed by atoms with Crippen LogP contribution in [0.3, 0.4) is 0 Å². The summed E-state index contributed by atoms with van der Waals surface area (Å²) in [5, 5.41) is 1.60. The van der Waals surface area contributed by atoms with Crippen LogP contribution in [-0.2, 0) is 14.3 Å². The highest BCUT2D eigenvalue weighted by Crippen LogP contribution is 2.39. The maximum atomic E-state index is 13.7. The molecule has 0 radical (unpaired) electrons. The number of ether oxygens (including phenoxy) is 3. The van der Waals surface area contributed by atoms with Gasteiger partial charge in [-0.15, -0.1) is 0 Å². The number of amidine groups is 1. The average Bonchev–Trinajstić information content (AvgIpc) is 3.21. The van der Waals surface area contributed by atoms with Crippen molar-refractivity contribution < 1.29 is 23.8 Å². The first kappa shape index (κ1) is 29.5. The number of carbonyl (C=O) groups excluding carboxylic acids is 2. The van der Waals surface area contributed by atoms with E-state index in [1.54, 1.807) is 43.3 Å². The lowest BCUT2D eigenvalue weighted by Gasteiger charge is -2.16. The predicted octanol–water partition coefficient (Wildman–Crippen LogP) is 7.76. The monoisotopic (exact) mass is 598 g/mol. The highest BCUT2D eigenvalue weighted by Gasteiger charge is 2.35. The van der Waals surface area contributed by atoms with Crippen LogP contribution in [0.25, 0.3) is 6.08 Å². The number of benzene rings is 3. The summed E-state index contributed by atoms with van der Waals surface area (Å²) in [5.41, 5.74) is 3.77. The molecule has 1 heterocycles. The van der Waals surface area contributed by atoms with E-state index in [-0.39, 0.29) is 19.1 Å². The van der Waals surface area contributed by atoms with Gasteiger partial charge in [0.05, 0.1) is 29.5 Å². The van der Waals surface area contributed by atoms with Crippen LogP contribution < -0.4 is 14.4 Å². The number of hydrogen-bond donors (Lipinski definition) is 0. The van der Waals surface area contributed by atoms with Crippen LogP contribution in [0.15, 0.2) is 64.5 Å². The second-order valence-electron chi connectivity index (χ2n) is 8.75. The first-order chi connectivity index (χ1) is 19.2. The largest absolute Gasteiger partial charge is 0.490 e. The molecule has 1 saturated heterocycles. The van der Waals surface area contributed by atoms with Crippen molar-refractivity contribution in [1.82, 2.24) is 0 Å². The zero-order valence-electron chi connectivity index (χ0n) is 22.5. The molecule has 1 aliphatic rings. The number of amides is 1. The highest BCUT2D eigenvalue weighted by atomic mass is 35.5. The maximum Gasteiger partial charge on any atom is 0.344 e. The fourth-order valence-electron chi connectivity index (χ4n) is 3.75. The van der Waals surface area contributed by atoms with Crippen molar-refractivity contribution >= 4 is 69.5 Å². The second kappa shape index (κ2) is 13.3. The third-order valence-corrected chi connectivity index (χ3v) is 7.60. The van der Waals surface area contributed by atoms with Gasteiger partial charge in [0.15, 0.2) is 23.3 Å². The van der Waals surface area contributed by atoms with Crippen LogP contribution in [0.4, 0.5) is 11.4 Å². The smallest absolute Gasteiger partial charge is 0.344 e. The fourth-order valence-corrected chi connectivity index (χ4v) is 5.10. The zero-order chi connectivity index (χ0) is 28.8. The predicted molar refractivity (Wildman–Crippen MR) is 162 cm³/mol. The third-order valence-electron chi connectivity index (χ3n) is 5.82. The summed E-state index contributed by atoms with van der Waals surface area (Å²) in [7, 11) is 0. The molecule has 0 aromatic heterocycles. The third kappa shape index (κ3) is 6.99. The summed E-state index contributed by atoms with van der Waals surface area (Å²) in [6.07, 6.45) is 1.76. The molecule has 0 aliphatic carbocycles. The number of rotatable bonds is 9. The van der Waals surface area contributed by atoms with Crippen LogP contribution in [0, 0.1) is 13.8 Å². The van der Waals surface area contributed by atoms with E-state index in [1.807, 2.05) is 45.0 Å². The van der Waals surface area contributed by atoms with Crippen LogP contribution in [0.2, 0.25) is 10.0 Å². The van der Waals surface area contributed by atoms with Crippen molar-refractivity contribution in [3.8, 4) is 11.5 Å². The molecule has 0 atom stereocenters. The standard InChI is InChI=1S/C30H28Cl2N2O5S/c1-5-37-26-13-20(9-12-25(26)39-17-28(35)38-6-2)14-27-29(36)34(22-11-8-19(4)24(32)16-22)30(40-27)33-21-10-7-18(3)23(31)15-21/h7-16H,5-6,17H2,1-4H3/b27-14-,33-30?. The van der Waals surface area contributed by atoms with Gasteiger partial charge < -0.3 is 14.2 Å². The van der Waals surface area contributed by atoms with Crippen molar-refractivity contribution in [3.63, 3.8) is 0 Å². The Hall–Kier alpha value is -3.46. The summed E-state index contributed by atoms with van der Waals surface area (Å²) in [5.74, 6) is 0.128. The lowest BCUT2D eigenvalue weighted by molar-refractivity contribution is -0.145. The van der Waals surface area contributed by atoms with Crippen LogP contribution in [0.1, 0.15) is 30.5 Å². The first-order valence-corrected chi connectivity index (χ1v) is 14.2. The number of esters is 1. The van der Waals surface area contributed by atoms with E-state index in [0.29, 0.717) is 55.2 Å². The van der Waals surface area contributed by atoms with Crippen molar-refractivity contribution in [2.24, 2.45) is 4.99 Å². The molecule has 0 saturated carbocycles. The van der Waals surface area contributed by atoms with Gasteiger partial charge in [0.25, 0.3) is 5.91 Å². The molecular weight excluding hydrogens is 571 g/mol. The van der Waals surface area contributed by atoms with Crippen molar-refractivity contribution in [3.05, 3.63) is 86.2 Å². The maximum absolute atomic E-state index is 13.7. The minimum absolute atomic E-state index is 0.236. The molecule has 0 N–H and O–H groups in total. The normalized spacial score (nSPS) is 15.2. The SMILES string of the molecule is CCOC(=O)COc1ccc(/C=C2\SC(=Nc3ccc(C)c(Cl)c3)N(c3ccc(C)c(Cl)c3)C2=O)cc1OCC. The van der Waals surface area contributed by atoms with Crippen molar-refractivity contribution in [1.29, 1.82) is 0 Å². The molecule has 40 heavy (non-hydrogen) atoms. The number of hydrogen-bond acceptors (Lipinski definition) is 7. The minimum Gasteiger partial charge on any atom is -0.490 e. The molecule has 7 nitrogen and oxygen atoms in total. The second-order valence-corrected chi connectivity index (χ2v) is 10.6. The van der Waals surface area contributed by atoms with Crippen LogP contribution >= 0.6 is 35.0 Å². The van der Waals surface area contributed by atoms with Gasteiger partial charge in [-0.2, -0.15) is 0 Å². The Bertz CT molecular complexity index is 1510. The van der Waals surface area contributed by atoms with Crippen LogP contribution in [-0.4, -0.2) is 36.9 Å². The van der Waals surface area contributed by atoms with Gasteiger partial charge in [-0.3, -0.25) is 9.69 Å². The van der Waals surface area contributed by atoms with Gasteiger partial charge in [-0.05, 0) is 98.6 Å². The zero-order valence-corrected chi connectivity index (χ0v) is 24.8. The van der Waals surface area contributed by atoms with Gasteiger partial charge in [-0.1, -0.05) is 41.4 Å². The lowest BCUT2D eigenvalue weighted by Crippen LogP contribution is -2.28. The number of thioether (sulfide) groups is 1. The first-order valence-electron chi connectivity index (χ1n) is 12.6. The van der Waals surface area contributed by atoms with E-state index >= 15 is 0 Å². The van der Waals surface area contributed by atoms with E-state index in [1.165, 1.54) is 16.7 Å². The van der Waals surface area contributed by atoms with E-state index in [2.05, 4.69) is 0 Å². The number of aliphatic imine (C=N–C) groups is 1. The molecule has 4 rings (SSSR count). The highest BCUT2D eigenvalue weighted by molar-refractivity contribution is 8.19. The number of nitrogens with zero attached hydrogens (tertiary/aromatic N) is 2. The Morgan fingerprint density at radius 3 is 2.33 bits per heavy atom. The summed E-state index contributed by atoms with van der Waals surface area (Å²) < 4.78 is 16.3. The molecule has 1 amide bonds. The van der Waals surface area contributed by atoms with Gasteiger partial charge >= 0.3 is 5.97 Å². The molecule has 3 aromatic carbocycles. The summed E-state index contributed by atoms with van der Waals surface area (Å²) >= 11 is 14.0. The van der Waals surface area contributed by atoms with Crippen molar-refractivity contribution in [2.45, 2.75) is 27.7 Å².